The zero-order chi connectivity index (χ0) is 14.8. The highest BCUT2D eigenvalue weighted by molar-refractivity contribution is 5.71. The van der Waals surface area contributed by atoms with E-state index in [0.29, 0.717) is 16.8 Å². The standard InChI is InChI=1S/C18H13F2N/c19-15-6-1-13(2-7-15)17-10-5-14(11-18(17)20)12-3-8-16(21)9-4-12/h1-11H,21H2. The highest BCUT2D eigenvalue weighted by Gasteiger charge is 2.07. The minimum absolute atomic E-state index is 0.336. The molecule has 0 aromatic heterocycles. The quantitative estimate of drug-likeness (QED) is 0.665. The number of nitrogen functional groups attached to an aromatic ring is 1. The number of anilines is 1. The molecule has 0 radical (unpaired) electrons. The van der Waals surface area contributed by atoms with Gasteiger partial charge in [-0.15, -0.1) is 0 Å². The Balaban J connectivity index is 1.99. The molecule has 0 aliphatic rings. The topological polar surface area (TPSA) is 26.0 Å². The molecule has 1 nitrogen and oxygen atoms in total. The summed E-state index contributed by atoms with van der Waals surface area (Å²) in [5, 5.41) is 0. The maximum Gasteiger partial charge on any atom is 0.131 e. The Morgan fingerprint density at radius 2 is 1.19 bits per heavy atom. The molecule has 0 saturated carbocycles. The van der Waals surface area contributed by atoms with Gasteiger partial charge >= 0.3 is 0 Å². The van der Waals surface area contributed by atoms with Crippen molar-refractivity contribution in [2.45, 2.75) is 0 Å². The van der Waals surface area contributed by atoms with Gasteiger partial charge in [-0.25, -0.2) is 8.78 Å². The van der Waals surface area contributed by atoms with Gasteiger partial charge in [-0.1, -0.05) is 36.4 Å². The molecule has 0 fully saturated rings. The van der Waals surface area contributed by atoms with Crippen LogP contribution in [-0.2, 0) is 0 Å². The number of halogens is 2. The van der Waals surface area contributed by atoms with Crippen LogP contribution in [0.4, 0.5) is 14.5 Å². The van der Waals surface area contributed by atoms with Crippen LogP contribution in [0.1, 0.15) is 0 Å². The molecule has 3 aromatic rings. The minimum Gasteiger partial charge on any atom is -0.399 e. The molecule has 0 atom stereocenters. The Morgan fingerprint density at radius 3 is 1.81 bits per heavy atom. The largest absolute Gasteiger partial charge is 0.399 e. The molecule has 0 heterocycles. The summed E-state index contributed by atoms with van der Waals surface area (Å²) >= 11 is 0. The average Bonchev–Trinajstić information content (AvgIpc) is 2.49. The summed E-state index contributed by atoms with van der Waals surface area (Å²) in [4.78, 5) is 0. The zero-order valence-corrected chi connectivity index (χ0v) is 11.2. The van der Waals surface area contributed by atoms with Crippen molar-refractivity contribution in [2.75, 3.05) is 5.73 Å². The number of hydrogen-bond acceptors (Lipinski definition) is 1. The number of nitrogens with two attached hydrogens (primary N) is 1. The summed E-state index contributed by atoms with van der Waals surface area (Å²) in [7, 11) is 0. The van der Waals surface area contributed by atoms with E-state index in [1.165, 1.54) is 18.2 Å². The molecule has 21 heavy (non-hydrogen) atoms. The maximum atomic E-state index is 14.3. The highest BCUT2D eigenvalue weighted by Crippen LogP contribution is 2.28. The molecule has 0 spiro atoms. The predicted molar refractivity (Wildman–Crippen MR) is 81.6 cm³/mol. The van der Waals surface area contributed by atoms with E-state index in [1.54, 1.807) is 30.3 Å². The molecule has 3 aromatic carbocycles. The van der Waals surface area contributed by atoms with E-state index in [-0.39, 0.29) is 11.6 Å². The molecule has 3 rings (SSSR count). The second-order valence-electron chi connectivity index (χ2n) is 4.82. The molecule has 3 heteroatoms. The summed E-state index contributed by atoms with van der Waals surface area (Å²) in [6.45, 7) is 0. The molecule has 104 valence electrons. The smallest absolute Gasteiger partial charge is 0.131 e. The highest BCUT2D eigenvalue weighted by atomic mass is 19.1. The van der Waals surface area contributed by atoms with Crippen molar-refractivity contribution in [2.24, 2.45) is 0 Å². The lowest BCUT2D eigenvalue weighted by Crippen LogP contribution is -1.88. The van der Waals surface area contributed by atoms with Crippen LogP contribution in [0.2, 0.25) is 0 Å². The van der Waals surface area contributed by atoms with Gasteiger partial charge in [-0.05, 0) is 47.0 Å². The fourth-order valence-corrected chi connectivity index (χ4v) is 2.23. The molecule has 0 bridgehead atoms. The normalized spacial score (nSPS) is 10.6. The first-order valence-corrected chi connectivity index (χ1v) is 6.55. The van der Waals surface area contributed by atoms with Crippen molar-refractivity contribution in [1.82, 2.24) is 0 Å². The van der Waals surface area contributed by atoms with Crippen molar-refractivity contribution in [3.63, 3.8) is 0 Å². The predicted octanol–water partition coefficient (Wildman–Crippen LogP) is 4.88. The van der Waals surface area contributed by atoms with Gasteiger partial charge < -0.3 is 5.73 Å². The van der Waals surface area contributed by atoms with Crippen molar-refractivity contribution >= 4 is 5.69 Å². The third-order valence-electron chi connectivity index (χ3n) is 3.37. The van der Waals surface area contributed by atoms with Crippen LogP contribution < -0.4 is 5.73 Å². The number of rotatable bonds is 2. The second-order valence-corrected chi connectivity index (χ2v) is 4.82. The van der Waals surface area contributed by atoms with Crippen LogP contribution >= 0.6 is 0 Å². The van der Waals surface area contributed by atoms with Gasteiger partial charge in [0.1, 0.15) is 11.6 Å². The van der Waals surface area contributed by atoms with E-state index >= 15 is 0 Å². The van der Waals surface area contributed by atoms with Gasteiger partial charge in [0.15, 0.2) is 0 Å². The second kappa shape index (κ2) is 5.37. The maximum absolute atomic E-state index is 14.3. The molecule has 0 amide bonds. The van der Waals surface area contributed by atoms with Gasteiger partial charge in [-0.3, -0.25) is 0 Å². The van der Waals surface area contributed by atoms with Crippen molar-refractivity contribution in [3.8, 4) is 22.3 Å². The van der Waals surface area contributed by atoms with Crippen LogP contribution in [0.5, 0.6) is 0 Å². The summed E-state index contributed by atoms with van der Waals surface area (Å²) in [6, 6.07) is 18.1. The Labute approximate surface area is 121 Å². The molecule has 2 N–H and O–H groups in total. The van der Waals surface area contributed by atoms with Gasteiger partial charge in [0.2, 0.25) is 0 Å². The van der Waals surface area contributed by atoms with E-state index < -0.39 is 0 Å². The summed E-state index contributed by atoms with van der Waals surface area (Å²) < 4.78 is 27.2. The van der Waals surface area contributed by atoms with Gasteiger partial charge in [0.05, 0.1) is 0 Å². The van der Waals surface area contributed by atoms with E-state index in [4.69, 9.17) is 5.73 Å². The summed E-state index contributed by atoms with van der Waals surface area (Å²) in [6.07, 6.45) is 0. The molecule has 0 aliphatic carbocycles. The molecular weight excluding hydrogens is 268 g/mol. The van der Waals surface area contributed by atoms with Crippen LogP contribution in [-0.4, -0.2) is 0 Å². The van der Waals surface area contributed by atoms with Crippen LogP contribution in [0.3, 0.4) is 0 Å². The number of hydrogen-bond donors (Lipinski definition) is 1. The average molecular weight is 281 g/mol. The van der Waals surface area contributed by atoms with Crippen LogP contribution in [0.25, 0.3) is 22.3 Å². The lowest BCUT2D eigenvalue weighted by molar-refractivity contribution is 0.626. The zero-order valence-electron chi connectivity index (χ0n) is 11.2. The third kappa shape index (κ3) is 2.77. The van der Waals surface area contributed by atoms with E-state index in [2.05, 4.69) is 0 Å². The fraction of sp³-hybridized carbons (Fsp3) is 0. The Morgan fingerprint density at radius 1 is 0.619 bits per heavy atom. The first-order chi connectivity index (χ1) is 10.1. The molecular formula is C18H13F2N. The van der Waals surface area contributed by atoms with E-state index in [0.717, 1.165) is 11.1 Å². The summed E-state index contributed by atoms with van der Waals surface area (Å²) in [5.74, 6) is -0.673. The van der Waals surface area contributed by atoms with E-state index in [9.17, 15) is 8.78 Å². The number of benzene rings is 3. The monoisotopic (exact) mass is 281 g/mol. The van der Waals surface area contributed by atoms with Crippen molar-refractivity contribution in [3.05, 3.63) is 78.4 Å². The first-order valence-electron chi connectivity index (χ1n) is 6.55. The van der Waals surface area contributed by atoms with Gasteiger partial charge in [-0.2, -0.15) is 0 Å². The Bertz CT molecular complexity index is 762. The van der Waals surface area contributed by atoms with Crippen LogP contribution in [0, 0.1) is 11.6 Å². The Hall–Kier alpha value is -2.68. The SMILES string of the molecule is Nc1ccc(-c2ccc(-c3ccc(F)cc3)c(F)c2)cc1. The third-order valence-corrected chi connectivity index (χ3v) is 3.37. The first kappa shape index (κ1) is 13.3. The van der Waals surface area contributed by atoms with Gasteiger partial charge in [0, 0.05) is 11.3 Å². The summed E-state index contributed by atoms with van der Waals surface area (Å²) in [5.41, 5.74) is 9.09. The molecule has 0 saturated heterocycles. The minimum atomic E-state index is -0.337. The van der Waals surface area contributed by atoms with Crippen LogP contribution in [0.15, 0.2) is 66.7 Å². The fourth-order valence-electron chi connectivity index (χ4n) is 2.23. The molecule has 0 aliphatic heterocycles. The lowest BCUT2D eigenvalue weighted by Gasteiger charge is -2.07. The van der Waals surface area contributed by atoms with E-state index in [1.807, 2.05) is 18.2 Å². The van der Waals surface area contributed by atoms with Crippen molar-refractivity contribution in [1.29, 1.82) is 0 Å². The Kier molecular flexibility index (Phi) is 3.40. The van der Waals surface area contributed by atoms with Crippen molar-refractivity contribution < 1.29 is 8.78 Å². The molecule has 0 unspecified atom stereocenters. The van der Waals surface area contributed by atoms with Gasteiger partial charge in [0.25, 0.3) is 0 Å². The lowest BCUT2D eigenvalue weighted by atomic mass is 9.99.